The van der Waals surface area contributed by atoms with Crippen LogP contribution in [0.25, 0.3) is 16.9 Å². The minimum Gasteiger partial charge on any atom is -0.497 e. The molecule has 7 heteroatoms. The van der Waals surface area contributed by atoms with Gasteiger partial charge in [0.05, 0.1) is 24.7 Å². The second kappa shape index (κ2) is 7.14. The predicted molar refractivity (Wildman–Crippen MR) is 101 cm³/mol. The molecule has 0 unspecified atom stereocenters. The smallest absolute Gasteiger partial charge is 0.225 e. The van der Waals surface area contributed by atoms with Gasteiger partial charge in [-0.15, -0.1) is 0 Å². The number of benzene rings is 1. The molecule has 1 saturated heterocycles. The van der Waals surface area contributed by atoms with Crippen molar-refractivity contribution in [2.24, 2.45) is 0 Å². The van der Waals surface area contributed by atoms with Gasteiger partial charge in [-0.25, -0.2) is 14.6 Å². The van der Waals surface area contributed by atoms with Crippen molar-refractivity contribution in [3.05, 3.63) is 48.9 Å². The Labute approximate surface area is 150 Å². The summed E-state index contributed by atoms with van der Waals surface area (Å²) in [6.45, 7) is 2.00. The molecular weight excluding hydrogens is 334 g/mol. The number of anilines is 1. The molecular formula is C18H19N5OS. The molecule has 128 valence electrons. The van der Waals surface area contributed by atoms with Crippen molar-refractivity contribution >= 4 is 17.7 Å². The van der Waals surface area contributed by atoms with Gasteiger partial charge in [-0.3, -0.25) is 0 Å². The number of methoxy groups -OCH3 is 1. The molecule has 0 aliphatic carbocycles. The van der Waals surface area contributed by atoms with Gasteiger partial charge in [0.25, 0.3) is 0 Å². The second-order valence-electron chi connectivity index (χ2n) is 5.71. The zero-order valence-electron chi connectivity index (χ0n) is 14.0. The molecule has 0 spiro atoms. The lowest BCUT2D eigenvalue weighted by Crippen LogP contribution is -2.33. The van der Waals surface area contributed by atoms with Gasteiger partial charge in [-0.05, 0) is 30.3 Å². The minimum atomic E-state index is 0.801. The van der Waals surface area contributed by atoms with E-state index in [1.807, 2.05) is 65.4 Å². The van der Waals surface area contributed by atoms with Crippen LogP contribution in [0.5, 0.6) is 5.75 Å². The van der Waals surface area contributed by atoms with Gasteiger partial charge >= 0.3 is 0 Å². The van der Waals surface area contributed by atoms with Gasteiger partial charge < -0.3 is 9.64 Å². The molecule has 3 heterocycles. The predicted octanol–water partition coefficient (Wildman–Crippen LogP) is 2.89. The lowest BCUT2D eigenvalue weighted by molar-refractivity contribution is 0.414. The molecule has 0 N–H and O–H groups in total. The van der Waals surface area contributed by atoms with Crippen molar-refractivity contribution in [1.82, 2.24) is 19.7 Å². The van der Waals surface area contributed by atoms with Crippen molar-refractivity contribution in [3.8, 4) is 22.7 Å². The van der Waals surface area contributed by atoms with Crippen LogP contribution in [0, 0.1) is 0 Å². The largest absolute Gasteiger partial charge is 0.497 e. The monoisotopic (exact) mass is 353 g/mol. The van der Waals surface area contributed by atoms with Gasteiger partial charge in [-0.1, -0.05) is 0 Å². The van der Waals surface area contributed by atoms with Crippen LogP contribution in [0.1, 0.15) is 0 Å². The highest BCUT2D eigenvalue weighted by atomic mass is 32.2. The summed E-state index contributed by atoms with van der Waals surface area (Å²) < 4.78 is 7.04. The number of thioether (sulfide) groups is 1. The molecule has 0 radical (unpaired) electrons. The second-order valence-corrected chi connectivity index (χ2v) is 6.94. The van der Waals surface area contributed by atoms with Crippen LogP contribution in [0.3, 0.4) is 0 Å². The maximum atomic E-state index is 5.20. The molecule has 6 nitrogen and oxygen atoms in total. The van der Waals surface area contributed by atoms with E-state index in [0.29, 0.717) is 0 Å². The zero-order chi connectivity index (χ0) is 17.1. The standard InChI is InChI=1S/C18H19N5OS/c1-24-16-4-2-15(3-5-16)23-13-14(12-20-23)17-6-7-19-18(21-17)22-8-10-25-11-9-22/h2-7,12-13H,8-11H2,1H3. The summed E-state index contributed by atoms with van der Waals surface area (Å²) in [5.41, 5.74) is 2.85. The molecule has 0 amide bonds. The van der Waals surface area contributed by atoms with E-state index in [4.69, 9.17) is 9.72 Å². The maximum absolute atomic E-state index is 5.20. The molecule has 1 aliphatic rings. The van der Waals surface area contributed by atoms with Crippen LogP contribution in [0.2, 0.25) is 0 Å². The third kappa shape index (κ3) is 3.46. The summed E-state index contributed by atoms with van der Waals surface area (Å²) in [5, 5.41) is 4.46. The van der Waals surface area contributed by atoms with Crippen LogP contribution in [0.4, 0.5) is 5.95 Å². The number of ether oxygens (including phenoxy) is 1. The quantitative estimate of drug-likeness (QED) is 0.719. The van der Waals surface area contributed by atoms with Gasteiger partial charge in [-0.2, -0.15) is 16.9 Å². The van der Waals surface area contributed by atoms with Crippen LogP contribution < -0.4 is 9.64 Å². The van der Waals surface area contributed by atoms with Crippen LogP contribution in [-0.4, -0.2) is 51.5 Å². The van der Waals surface area contributed by atoms with Gasteiger partial charge in [0.15, 0.2) is 0 Å². The van der Waals surface area contributed by atoms with Crippen molar-refractivity contribution in [3.63, 3.8) is 0 Å². The zero-order valence-corrected chi connectivity index (χ0v) is 14.8. The summed E-state index contributed by atoms with van der Waals surface area (Å²) in [5.74, 6) is 3.89. The first kappa shape index (κ1) is 16.0. The normalized spacial score (nSPS) is 14.5. The van der Waals surface area contributed by atoms with Crippen LogP contribution in [-0.2, 0) is 0 Å². The summed E-state index contributed by atoms with van der Waals surface area (Å²) in [7, 11) is 1.66. The van der Waals surface area contributed by atoms with E-state index in [1.54, 1.807) is 7.11 Å². The fourth-order valence-corrected chi connectivity index (χ4v) is 3.66. The van der Waals surface area contributed by atoms with Crippen molar-refractivity contribution in [2.45, 2.75) is 0 Å². The van der Waals surface area contributed by atoms with Gasteiger partial charge in [0.2, 0.25) is 5.95 Å². The molecule has 1 fully saturated rings. The highest BCUT2D eigenvalue weighted by Gasteiger charge is 2.15. The number of hydrogen-bond donors (Lipinski definition) is 0. The molecule has 1 aromatic carbocycles. The van der Waals surface area contributed by atoms with E-state index in [1.165, 1.54) is 0 Å². The van der Waals surface area contributed by atoms with E-state index in [9.17, 15) is 0 Å². The first-order valence-electron chi connectivity index (χ1n) is 8.19. The molecule has 0 saturated carbocycles. The SMILES string of the molecule is COc1ccc(-n2cc(-c3ccnc(N4CCSCC4)n3)cn2)cc1. The lowest BCUT2D eigenvalue weighted by atomic mass is 10.2. The Balaban J connectivity index is 1.59. The lowest BCUT2D eigenvalue weighted by Gasteiger charge is -2.26. The van der Waals surface area contributed by atoms with Gasteiger partial charge in [0, 0.05) is 42.6 Å². The summed E-state index contributed by atoms with van der Waals surface area (Å²) in [6.07, 6.45) is 5.65. The average Bonchev–Trinajstić information content (AvgIpc) is 3.19. The Morgan fingerprint density at radius 3 is 2.64 bits per heavy atom. The van der Waals surface area contributed by atoms with Gasteiger partial charge in [0.1, 0.15) is 5.75 Å². The topological polar surface area (TPSA) is 56.1 Å². The van der Waals surface area contributed by atoms with E-state index < -0.39 is 0 Å². The fourth-order valence-electron chi connectivity index (χ4n) is 2.76. The molecule has 0 atom stereocenters. The molecule has 3 aromatic rings. The highest BCUT2D eigenvalue weighted by Crippen LogP contribution is 2.22. The van der Waals surface area contributed by atoms with Crippen molar-refractivity contribution < 1.29 is 4.74 Å². The highest BCUT2D eigenvalue weighted by molar-refractivity contribution is 7.99. The summed E-state index contributed by atoms with van der Waals surface area (Å²) in [6, 6.07) is 9.73. The number of nitrogens with zero attached hydrogens (tertiary/aromatic N) is 5. The molecule has 2 aromatic heterocycles. The van der Waals surface area contributed by atoms with E-state index in [-0.39, 0.29) is 0 Å². The number of rotatable bonds is 4. The molecule has 4 rings (SSSR count). The average molecular weight is 353 g/mol. The third-order valence-corrected chi connectivity index (χ3v) is 5.09. The number of aromatic nitrogens is 4. The van der Waals surface area contributed by atoms with Crippen LogP contribution in [0.15, 0.2) is 48.9 Å². The van der Waals surface area contributed by atoms with E-state index in [0.717, 1.165) is 53.2 Å². The Morgan fingerprint density at radius 2 is 1.88 bits per heavy atom. The Morgan fingerprint density at radius 1 is 1.08 bits per heavy atom. The first-order valence-corrected chi connectivity index (χ1v) is 9.34. The minimum absolute atomic E-state index is 0.801. The van der Waals surface area contributed by atoms with E-state index in [2.05, 4.69) is 15.0 Å². The van der Waals surface area contributed by atoms with E-state index >= 15 is 0 Å². The molecule has 25 heavy (non-hydrogen) atoms. The molecule has 0 bridgehead atoms. The third-order valence-electron chi connectivity index (χ3n) is 4.15. The Hall–Kier alpha value is -2.54. The van der Waals surface area contributed by atoms with Crippen molar-refractivity contribution in [2.75, 3.05) is 36.6 Å². The Kier molecular flexibility index (Phi) is 4.56. The Bertz CT molecular complexity index is 843. The van der Waals surface area contributed by atoms with Crippen molar-refractivity contribution in [1.29, 1.82) is 0 Å². The summed E-state index contributed by atoms with van der Waals surface area (Å²) >= 11 is 1.98. The van der Waals surface area contributed by atoms with Crippen LogP contribution >= 0.6 is 11.8 Å². The maximum Gasteiger partial charge on any atom is 0.225 e. The number of hydrogen-bond acceptors (Lipinski definition) is 6. The molecule has 1 aliphatic heterocycles. The summed E-state index contributed by atoms with van der Waals surface area (Å²) in [4.78, 5) is 11.4. The fraction of sp³-hybridized carbons (Fsp3) is 0.278. The first-order chi connectivity index (χ1) is 12.3.